The van der Waals surface area contributed by atoms with E-state index < -0.39 is 11.7 Å². The molecular weight excluding hydrogens is 295 g/mol. The molecule has 0 saturated heterocycles. The van der Waals surface area contributed by atoms with Crippen molar-refractivity contribution >= 4 is 23.3 Å². The maximum Gasteiger partial charge on any atom is 0.259 e. The zero-order valence-corrected chi connectivity index (χ0v) is 11.5. The van der Waals surface area contributed by atoms with E-state index in [0.29, 0.717) is 5.69 Å². The van der Waals surface area contributed by atoms with Crippen molar-refractivity contribution in [3.8, 4) is 11.8 Å². The van der Waals surface area contributed by atoms with Gasteiger partial charge in [0.05, 0.1) is 10.6 Å². The number of halogens is 2. The second-order valence-electron chi connectivity index (χ2n) is 3.92. The first kappa shape index (κ1) is 15.0. The van der Waals surface area contributed by atoms with Gasteiger partial charge >= 0.3 is 0 Å². The Labute approximate surface area is 125 Å². The third-order valence-electron chi connectivity index (χ3n) is 2.48. The van der Waals surface area contributed by atoms with Crippen LogP contribution in [0.1, 0.15) is 16.1 Å². The van der Waals surface area contributed by atoms with Crippen LogP contribution in [-0.2, 0) is 0 Å². The van der Waals surface area contributed by atoms with Gasteiger partial charge in [0.1, 0.15) is 18.1 Å². The SMILES string of the molecule is O=C(Nc1cccc(C#CCO)n1)c1cccc(Cl)c1F. The lowest BCUT2D eigenvalue weighted by atomic mass is 10.2. The van der Waals surface area contributed by atoms with E-state index in [1.54, 1.807) is 18.2 Å². The smallest absolute Gasteiger partial charge is 0.259 e. The average Bonchev–Trinajstić information content (AvgIpc) is 2.48. The first-order chi connectivity index (χ1) is 10.1. The molecule has 6 heteroatoms. The summed E-state index contributed by atoms with van der Waals surface area (Å²) in [6.07, 6.45) is 0. The Hall–Kier alpha value is -2.42. The van der Waals surface area contributed by atoms with Gasteiger partial charge in [-0.1, -0.05) is 29.7 Å². The molecule has 0 radical (unpaired) electrons. The largest absolute Gasteiger partial charge is 0.384 e. The van der Waals surface area contributed by atoms with Crippen molar-refractivity contribution in [3.63, 3.8) is 0 Å². The first-order valence-corrected chi connectivity index (χ1v) is 6.32. The number of hydrogen-bond donors (Lipinski definition) is 2. The van der Waals surface area contributed by atoms with Crippen LogP contribution in [-0.4, -0.2) is 22.6 Å². The molecule has 21 heavy (non-hydrogen) atoms. The van der Waals surface area contributed by atoms with Crippen molar-refractivity contribution in [1.82, 2.24) is 4.98 Å². The molecule has 0 bridgehead atoms. The van der Waals surface area contributed by atoms with Gasteiger partial charge in [-0.25, -0.2) is 9.37 Å². The fourth-order valence-electron chi connectivity index (χ4n) is 1.57. The average molecular weight is 305 g/mol. The molecule has 0 fully saturated rings. The predicted molar refractivity (Wildman–Crippen MR) is 77.6 cm³/mol. The van der Waals surface area contributed by atoms with E-state index in [1.165, 1.54) is 18.2 Å². The number of hydrogen-bond acceptors (Lipinski definition) is 3. The van der Waals surface area contributed by atoms with Crippen LogP contribution in [0.25, 0.3) is 0 Å². The Kier molecular flexibility index (Phi) is 4.88. The molecule has 0 unspecified atom stereocenters. The fourth-order valence-corrected chi connectivity index (χ4v) is 1.74. The van der Waals surface area contributed by atoms with Crippen LogP contribution in [0.4, 0.5) is 10.2 Å². The standard InChI is InChI=1S/C15H10ClFN2O2/c16-12-7-2-6-11(14(12)17)15(21)19-13-8-1-4-10(18-13)5-3-9-20/h1-2,4,6-8,20H,9H2,(H,18,19,21). The van der Waals surface area contributed by atoms with Crippen LogP contribution >= 0.6 is 11.6 Å². The summed E-state index contributed by atoms with van der Waals surface area (Å²) in [7, 11) is 0. The number of carbonyl (C=O) groups is 1. The summed E-state index contributed by atoms with van der Waals surface area (Å²) in [6, 6.07) is 8.97. The van der Waals surface area contributed by atoms with E-state index in [0.717, 1.165) is 0 Å². The number of amides is 1. The monoisotopic (exact) mass is 304 g/mol. The topological polar surface area (TPSA) is 62.2 Å². The highest BCUT2D eigenvalue weighted by Crippen LogP contribution is 2.18. The van der Waals surface area contributed by atoms with Gasteiger partial charge in [-0.05, 0) is 30.2 Å². The van der Waals surface area contributed by atoms with Crippen molar-refractivity contribution in [2.24, 2.45) is 0 Å². The molecule has 106 valence electrons. The van der Waals surface area contributed by atoms with Gasteiger partial charge < -0.3 is 10.4 Å². The highest BCUT2D eigenvalue weighted by Gasteiger charge is 2.14. The number of nitrogens with zero attached hydrogens (tertiary/aromatic N) is 1. The van der Waals surface area contributed by atoms with Gasteiger partial charge in [0.25, 0.3) is 5.91 Å². The minimum Gasteiger partial charge on any atom is -0.384 e. The van der Waals surface area contributed by atoms with E-state index in [1.807, 2.05) is 0 Å². The minimum absolute atomic E-state index is 0.127. The van der Waals surface area contributed by atoms with Crippen molar-refractivity contribution in [3.05, 3.63) is 58.5 Å². The molecule has 4 nitrogen and oxygen atoms in total. The van der Waals surface area contributed by atoms with Gasteiger partial charge in [-0.2, -0.15) is 0 Å². The number of nitrogens with one attached hydrogen (secondary N) is 1. The molecule has 1 heterocycles. The molecule has 0 aliphatic heterocycles. The third-order valence-corrected chi connectivity index (χ3v) is 2.77. The number of aromatic nitrogens is 1. The Morgan fingerprint density at radius 3 is 2.86 bits per heavy atom. The lowest BCUT2D eigenvalue weighted by molar-refractivity contribution is 0.102. The highest BCUT2D eigenvalue weighted by molar-refractivity contribution is 6.31. The molecule has 0 saturated carbocycles. The van der Waals surface area contributed by atoms with Crippen molar-refractivity contribution in [2.75, 3.05) is 11.9 Å². The molecule has 1 aromatic carbocycles. The minimum atomic E-state index is -0.784. The van der Waals surface area contributed by atoms with Gasteiger partial charge in [0.2, 0.25) is 0 Å². The van der Waals surface area contributed by atoms with Crippen molar-refractivity contribution < 1.29 is 14.3 Å². The Morgan fingerprint density at radius 2 is 2.10 bits per heavy atom. The van der Waals surface area contributed by atoms with Crippen LogP contribution in [0.3, 0.4) is 0 Å². The van der Waals surface area contributed by atoms with Crippen LogP contribution < -0.4 is 5.32 Å². The maximum atomic E-state index is 13.7. The molecule has 0 atom stereocenters. The van der Waals surface area contributed by atoms with E-state index >= 15 is 0 Å². The van der Waals surface area contributed by atoms with Crippen LogP contribution in [0, 0.1) is 17.7 Å². The summed E-state index contributed by atoms with van der Waals surface area (Å²) in [4.78, 5) is 16.0. The number of aliphatic hydroxyl groups is 1. The Balaban J connectivity index is 2.22. The van der Waals surface area contributed by atoms with E-state index in [-0.39, 0.29) is 23.0 Å². The molecule has 1 aromatic heterocycles. The first-order valence-electron chi connectivity index (χ1n) is 5.94. The number of pyridine rings is 1. The Bertz CT molecular complexity index is 738. The summed E-state index contributed by atoms with van der Waals surface area (Å²) >= 11 is 5.63. The number of aliphatic hydroxyl groups excluding tert-OH is 1. The summed E-state index contributed by atoms with van der Waals surface area (Å²) in [5.74, 6) is 3.84. The summed E-state index contributed by atoms with van der Waals surface area (Å²) in [5.41, 5.74) is 0.213. The summed E-state index contributed by atoms with van der Waals surface area (Å²) in [5, 5.41) is 11.0. The second-order valence-corrected chi connectivity index (χ2v) is 4.33. The number of carbonyl (C=O) groups excluding carboxylic acids is 1. The van der Waals surface area contributed by atoms with E-state index in [9.17, 15) is 9.18 Å². The quantitative estimate of drug-likeness (QED) is 0.838. The normalized spacial score (nSPS) is 9.67. The van der Waals surface area contributed by atoms with E-state index in [4.69, 9.17) is 16.7 Å². The predicted octanol–water partition coefficient (Wildman–Crippen LogP) is 2.47. The zero-order valence-electron chi connectivity index (χ0n) is 10.7. The highest BCUT2D eigenvalue weighted by atomic mass is 35.5. The molecule has 2 aromatic rings. The maximum absolute atomic E-state index is 13.7. The molecule has 0 aliphatic carbocycles. The molecular formula is C15H10ClFN2O2. The summed E-state index contributed by atoms with van der Waals surface area (Å²) in [6.45, 7) is -0.286. The number of benzene rings is 1. The van der Waals surface area contributed by atoms with Gasteiger partial charge in [0.15, 0.2) is 5.82 Å². The number of anilines is 1. The second kappa shape index (κ2) is 6.84. The van der Waals surface area contributed by atoms with Gasteiger partial charge in [-0.3, -0.25) is 4.79 Å². The van der Waals surface area contributed by atoms with Crippen LogP contribution in [0.15, 0.2) is 36.4 Å². The van der Waals surface area contributed by atoms with E-state index in [2.05, 4.69) is 22.1 Å². The van der Waals surface area contributed by atoms with Crippen molar-refractivity contribution in [2.45, 2.75) is 0 Å². The molecule has 0 aliphatic rings. The zero-order chi connectivity index (χ0) is 15.2. The van der Waals surface area contributed by atoms with Crippen LogP contribution in [0.5, 0.6) is 0 Å². The van der Waals surface area contributed by atoms with Gasteiger partial charge in [-0.15, -0.1) is 0 Å². The number of rotatable bonds is 2. The van der Waals surface area contributed by atoms with Gasteiger partial charge in [0, 0.05) is 0 Å². The summed E-state index contributed by atoms with van der Waals surface area (Å²) < 4.78 is 13.7. The van der Waals surface area contributed by atoms with Crippen LogP contribution in [0.2, 0.25) is 5.02 Å². The fraction of sp³-hybridized carbons (Fsp3) is 0.0667. The third kappa shape index (κ3) is 3.78. The molecule has 2 rings (SSSR count). The lowest BCUT2D eigenvalue weighted by Gasteiger charge is -2.06. The lowest BCUT2D eigenvalue weighted by Crippen LogP contribution is -2.15. The molecule has 0 spiro atoms. The molecule has 2 N–H and O–H groups in total. The molecule has 1 amide bonds. The van der Waals surface area contributed by atoms with Crippen molar-refractivity contribution in [1.29, 1.82) is 0 Å². The Morgan fingerprint density at radius 1 is 1.33 bits per heavy atom.